The number of hydrogen-bond acceptors (Lipinski definition) is 5. The highest BCUT2D eigenvalue weighted by atomic mass is 16.5. The van der Waals surface area contributed by atoms with Gasteiger partial charge in [0.15, 0.2) is 0 Å². The maximum Gasteiger partial charge on any atom is 0.324 e. The number of piperazine rings is 1. The van der Waals surface area contributed by atoms with Crippen molar-refractivity contribution in [3.8, 4) is 0 Å². The summed E-state index contributed by atoms with van der Waals surface area (Å²) in [6.45, 7) is 5.31. The summed E-state index contributed by atoms with van der Waals surface area (Å²) in [5, 5.41) is 3.04. The highest BCUT2D eigenvalue weighted by molar-refractivity contribution is 5.75. The number of carbonyl (C=O) groups excluding carboxylic acids is 1. The largest absolute Gasteiger partial charge is 0.468 e. The number of likely N-dealkylation sites (N-methyl/N-ethyl adjacent to an activating group) is 1. The van der Waals surface area contributed by atoms with E-state index in [-0.39, 0.29) is 12.0 Å². The molecule has 0 aliphatic carbocycles. The van der Waals surface area contributed by atoms with Gasteiger partial charge in [-0.1, -0.05) is 6.42 Å². The highest BCUT2D eigenvalue weighted by Gasteiger charge is 2.30. The summed E-state index contributed by atoms with van der Waals surface area (Å²) in [7, 11) is 3.27. The van der Waals surface area contributed by atoms with Crippen LogP contribution in [-0.2, 0) is 9.53 Å². The van der Waals surface area contributed by atoms with Crippen LogP contribution in [-0.4, -0.2) is 74.7 Å². The Morgan fingerprint density at radius 1 is 1.39 bits per heavy atom. The summed E-state index contributed by atoms with van der Waals surface area (Å²) in [5.41, 5.74) is 0. The van der Waals surface area contributed by atoms with Crippen LogP contribution < -0.4 is 5.32 Å². The number of nitrogens with one attached hydrogen (secondary N) is 1. The van der Waals surface area contributed by atoms with Gasteiger partial charge >= 0.3 is 5.97 Å². The lowest BCUT2D eigenvalue weighted by Crippen LogP contribution is -2.57. The van der Waals surface area contributed by atoms with Crippen molar-refractivity contribution in [3.05, 3.63) is 0 Å². The average Bonchev–Trinajstić information content (AvgIpc) is 2.43. The third-order valence-corrected chi connectivity index (χ3v) is 4.20. The molecule has 2 unspecified atom stereocenters. The summed E-state index contributed by atoms with van der Waals surface area (Å²) >= 11 is 0. The maximum atomic E-state index is 11.6. The minimum absolute atomic E-state index is 0.163. The second-order valence-electron chi connectivity index (χ2n) is 5.31. The molecular weight excluding hydrogens is 230 g/mol. The SMILES string of the molecule is CNC(CN1CCN2CCCCC2C1)C(=O)OC. The molecule has 0 aromatic heterocycles. The Morgan fingerprint density at radius 3 is 2.94 bits per heavy atom. The van der Waals surface area contributed by atoms with Gasteiger partial charge < -0.3 is 10.1 Å². The number of nitrogens with zero attached hydrogens (tertiary/aromatic N) is 2. The molecule has 2 fully saturated rings. The van der Waals surface area contributed by atoms with Gasteiger partial charge in [-0.15, -0.1) is 0 Å². The number of esters is 1. The molecule has 2 rings (SSSR count). The molecule has 0 aromatic rings. The second-order valence-corrected chi connectivity index (χ2v) is 5.31. The zero-order chi connectivity index (χ0) is 13.0. The molecule has 0 radical (unpaired) electrons. The van der Waals surface area contributed by atoms with Crippen molar-refractivity contribution >= 4 is 5.97 Å². The number of piperidine rings is 1. The molecule has 0 spiro atoms. The van der Waals surface area contributed by atoms with Crippen molar-refractivity contribution in [3.63, 3.8) is 0 Å². The number of ether oxygens (including phenoxy) is 1. The molecule has 2 heterocycles. The number of rotatable bonds is 4. The molecule has 18 heavy (non-hydrogen) atoms. The summed E-state index contributed by atoms with van der Waals surface area (Å²) in [4.78, 5) is 16.6. The molecule has 5 nitrogen and oxygen atoms in total. The van der Waals surface area contributed by atoms with E-state index < -0.39 is 0 Å². The van der Waals surface area contributed by atoms with Gasteiger partial charge in [0.25, 0.3) is 0 Å². The van der Waals surface area contributed by atoms with Crippen molar-refractivity contribution < 1.29 is 9.53 Å². The third kappa shape index (κ3) is 3.22. The molecule has 1 N–H and O–H groups in total. The number of fused-ring (bicyclic) bond motifs is 1. The predicted octanol–water partition coefficient (Wildman–Crippen LogP) is -0.0825. The zero-order valence-electron chi connectivity index (χ0n) is 11.5. The van der Waals surface area contributed by atoms with Gasteiger partial charge in [-0.05, 0) is 26.4 Å². The summed E-state index contributed by atoms with van der Waals surface area (Å²) < 4.78 is 4.81. The first-order chi connectivity index (χ1) is 8.74. The standard InChI is InChI=1S/C13H25N3O2/c1-14-12(13(17)18-2)10-15-7-8-16-6-4-3-5-11(16)9-15/h11-12,14H,3-10H2,1-2H3. The van der Waals surface area contributed by atoms with Crippen molar-refractivity contribution in [2.24, 2.45) is 0 Å². The van der Waals surface area contributed by atoms with E-state index in [0.29, 0.717) is 6.04 Å². The van der Waals surface area contributed by atoms with Crippen LogP contribution in [0.15, 0.2) is 0 Å². The van der Waals surface area contributed by atoms with Crippen molar-refractivity contribution in [2.75, 3.05) is 46.9 Å². The van der Waals surface area contributed by atoms with E-state index in [1.165, 1.54) is 32.9 Å². The smallest absolute Gasteiger partial charge is 0.324 e. The van der Waals surface area contributed by atoms with Crippen LogP contribution in [0.2, 0.25) is 0 Å². The quantitative estimate of drug-likeness (QED) is 0.712. The lowest BCUT2D eigenvalue weighted by atomic mass is 9.99. The topological polar surface area (TPSA) is 44.8 Å². The summed E-state index contributed by atoms with van der Waals surface area (Å²) in [5.74, 6) is -0.163. The average molecular weight is 255 g/mol. The monoisotopic (exact) mass is 255 g/mol. The van der Waals surface area contributed by atoms with E-state index in [1.54, 1.807) is 0 Å². The fourth-order valence-electron chi connectivity index (χ4n) is 3.07. The van der Waals surface area contributed by atoms with Crippen LogP contribution in [0.4, 0.5) is 0 Å². The van der Waals surface area contributed by atoms with Crippen LogP contribution in [0.3, 0.4) is 0 Å². The number of carbonyl (C=O) groups is 1. The summed E-state index contributed by atoms with van der Waals surface area (Å²) in [6.07, 6.45) is 4.00. The lowest BCUT2D eigenvalue weighted by molar-refractivity contribution is -0.143. The van der Waals surface area contributed by atoms with Crippen molar-refractivity contribution in [1.29, 1.82) is 0 Å². The van der Waals surface area contributed by atoms with E-state index in [4.69, 9.17) is 4.74 Å². The Balaban J connectivity index is 1.84. The van der Waals surface area contributed by atoms with Crippen LogP contribution in [0, 0.1) is 0 Å². The van der Waals surface area contributed by atoms with Gasteiger partial charge in [-0.3, -0.25) is 14.6 Å². The number of hydrogen-bond donors (Lipinski definition) is 1. The normalized spacial score (nSPS) is 27.6. The van der Waals surface area contributed by atoms with Gasteiger partial charge in [-0.25, -0.2) is 0 Å². The first kappa shape index (κ1) is 13.8. The third-order valence-electron chi connectivity index (χ3n) is 4.20. The minimum atomic E-state index is -0.204. The minimum Gasteiger partial charge on any atom is -0.468 e. The zero-order valence-corrected chi connectivity index (χ0v) is 11.5. The highest BCUT2D eigenvalue weighted by Crippen LogP contribution is 2.21. The molecule has 0 bridgehead atoms. The van der Waals surface area contributed by atoms with E-state index in [1.807, 2.05) is 7.05 Å². The Labute approximate surface area is 109 Å². The molecule has 2 aliphatic heterocycles. The van der Waals surface area contributed by atoms with Gasteiger partial charge in [-0.2, -0.15) is 0 Å². The fourth-order valence-corrected chi connectivity index (χ4v) is 3.07. The van der Waals surface area contributed by atoms with Gasteiger partial charge in [0.2, 0.25) is 0 Å². The fraction of sp³-hybridized carbons (Fsp3) is 0.923. The molecule has 0 aromatic carbocycles. The molecule has 104 valence electrons. The van der Waals surface area contributed by atoms with Crippen molar-refractivity contribution in [1.82, 2.24) is 15.1 Å². The first-order valence-electron chi connectivity index (χ1n) is 6.96. The molecule has 5 heteroatoms. The first-order valence-corrected chi connectivity index (χ1v) is 6.96. The molecule has 2 atom stereocenters. The van der Waals surface area contributed by atoms with E-state index in [9.17, 15) is 4.79 Å². The Kier molecular flexibility index (Phi) is 4.97. The molecule has 2 aliphatic rings. The van der Waals surface area contributed by atoms with Crippen LogP contribution in [0.5, 0.6) is 0 Å². The molecular formula is C13H25N3O2. The predicted molar refractivity (Wildman–Crippen MR) is 70.5 cm³/mol. The number of methoxy groups -OCH3 is 1. The Morgan fingerprint density at radius 2 is 2.22 bits per heavy atom. The van der Waals surface area contributed by atoms with Gasteiger partial charge in [0.1, 0.15) is 6.04 Å². The summed E-state index contributed by atoms with van der Waals surface area (Å²) in [6, 6.07) is 0.493. The maximum absolute atomic E-state index is 11.6. The second kappa shape index (κ2) is 6.50. The van der Waals surface area contributed by atoms with Crippen LogP contribution in [0.1, 0.15) is 19.3 Å². The molecule has 2 saturated heterocycles. The van der Waals surface area contributed by atoms with E-state index in [2.05, 4.69) is 15.1 Å². The van der Waals surface area contributed by atoms with E-state index in [0.717, 1.165) is 26.2 Å². The van der Waals surface area contributed by atoms with Gasteiger partial charge in [0.05, 0.1) is 7.11 Å². The Bertz CT molecular complexity index is 285. The van der Waals surface area contributed by atoms with Crippen molar-refractivity contribution in [2.45, 2.75) is 31.3 Å². The van der Waals surface area contributed by atoms with Crippen LogP contribution in [0.25, 0.3) is 0 Å². The van der Waals surface area contributed by atoms with E-state index >= 15 is 0 Å². The van der Waals surface area contributed by atoms with Crippen LogP contribution >= 0.6 is 0 Å². The Hall–Kier alpha value is -0.650. The lowest BCUT2D eigenvalue weighted by Gasteiger charge is -2.44. The molecule has 0 amide bonds. The van der Waals surface area contributed by atoms with Gasteiger partial charge in [0, 0.05) is 32.2 Å². The molecule has 0 saturated carbocycles.